The molecule has 2 heteroatoms. The molecular weight excluding hydrogens is 238 g/mol. The first-order valence-electron chi connectivity index (χ1n) is 4.70. The average molecular weight is 252 g/mol. The van der Waals surface area contributed by atoms with Crippen LogP contribution in [0.5, 0.6) is 0 Å². The molecule has 1 aromatic carbocycles. The van der Waals surface area contributed by atoms with Gasteiger partial charge in [0.25, 0.3) is 0 Å². The van der Waals surface area contributed by atoms with Gasteiger partial charge in [0, 0.05) is 10.9 Å². The van der Waals surface area contributed by atoms with E-state index in [1.807, 2.05) is 18.2 Å². The first-order valence-corrected chi connectivity index (χ1v) is 5.50. The molecule has 0 bridgehead atoms. The van der Waals surface area contributed by atoms with Gasteiger partial charge in [-0.1, -0.05) is 47.0 Å². The fourth-order valence-corrected chi connectivity index (χ4v) is 1.77. The summed E-state index contributed by atoms with van der Waals surface area (Å²) in [6, 6.07) is 8.28. The van der Waals surface area contributed by atoms with Crippen LogP contribution in [0.15, 0.2) is 28.7 Å². The highest BCUT2D eigenvalue weighted by molar-refractivity contribution is 9.10. The lowest BCUT2D eigenvalue weighted by molar-refractivity contribution is 0.627. The van der Waals surface area contributed by atoms with E-state index in [-0.39, 0.29) is 6.04 Å². The van der Waals surface area contributed by atoms with E-state index >= 15 is 0 Å². The molecule has 0 aromatic heterocycles. The molecule has 0 aliphatic rings. The molecule has 14 heavy (non-hydrogen) atoms. The molecule has 0 radical (unpaired) electrons. The molecular formula is C12H14BrN. The minimum Gasteiger partial charge on any atom is -0.304 e. The van der Waals surface area contributed by atoms with Crippen molar-refractivity contribution >= 4 is 15.9 Å². The van der Waals surface area contributed by atoms with Crippen molar-refractivity contribution in [3.05, 3.63) is 34.3 Å². The van der Waals surface area contributed by atoms with Crippen LogP contribution in [0.2, 0.25) is 0 Å². The molecule has 0 aliphatic heterocycles. The summed E-state index contributed by atoms with van der Waals surface area (Å²) in [4.78, 5) is 0. The minimum absolute atomic E-state index is 0.124. The van der Waals surface area contributed by atoms with Gasteiger partial charge in [-0.15, -0.1) is 6.42 Å². The number of benzene rings is 1. The van der Waals surface area contributed by atoms with Gasteiger partial charge < -0.3 is 5.32 Å². The third-order valence-electron chi connectivity index (χ3n) is 2.03. The number of nitrogens with one attached hydrogen (secondary N) is 1. The second kappa shape index (κ2) is 5.85. The Morgan fingerprint density at radius 1 is 1.50 bits per heavy atom. The van der Waals surface area contributed by atoms with Crippen LogP contribution in [0.4, 0.5) is 0 Å². The van der Waals surface area contributed by atoms with Crippen LogP contribution in [-0.4, -0.2) is 12.6 Å². The summed E-state index contributed by atoms with van der Waals surface area (Å²) in [5, 5.41) is 3.25. The lowest BCUT2D eigenvalue weighted by atomic mass is 10.1. The van der Waals surface area contributed by atoms with Crippen LogP contribution < -0.4 is 5.32 Å². The topological polar surface area (TPSA) is 12.0 Å². The fourth-order valence-electron chi connectivity index (χ4n) is 1.32. The summed E-state index contributed by atoms with van der Waals surface area (Å²) in [5.41, 5.74) is 1.25. The van der Waals surface area contributed by atoms with Gasteiger partial charge in [0.15, 0.2) is 0 Å². The summed E-state index contributed by atoms with van der Waals surface area (Å²) >= 11 is 3.51. The second-order valence-corrected chi connectivity index (χ2v) is 3.93. The van der Waals surface area contributed by atoms with Crippen molar-refractivity contribution in [2.45, 2.75) is 19.4 Å². The van der Waals surface area contributed by atoms with E-state index in [2.05, 4.69) is 40.2 Å². The van der Waals surface area contributed by atoms with Crippen molar-refractivity contribution in [3.8, 4) is 12.3 Å². The molecule has 0 saturated heterocycles. The van der Waals surface area contributed by atoms with Gasteiger partial charge in [0.2, 0.25) is 0 Å². The third kappa shape index (κ3) is 3.17. The van der Waals surface area contributed by atoms with Crippen LogP contribution in [0.3, 0.4) is 0 Å². The largest absolute Gasteiger partial charge is 0.304 e. The van der Waals surface area contributed by atoms with Crippen LogP contribution in [0.1, 0.15) is 12.5 Å². The van der Waals surface area contributed by atoms with Crippen molar-refractivity contribution in [1.29, 1.82) is 0 Å². The molecule has 0 heterocycles. The molecule has 0 fully saturated rings. The number of hydrogen-bond acceptors (Lipinski definition) is 1. The number of terminal acetylenes is 1. The van der Waals surface area contributed by atoms with Crippen LogP contribution in [-0.2, 0) is 6.42 Å². The maximum atomic E-state index is 5.43. The monoisotopic (exact) mass is 251 g/mol. The van der Waals surface area contributed by atoms with E-state index in [1.165, 1.54) is 5.56 Å². The first-order chi connectivity index (χ1) is 6.77. The number of halogens is 1. The quantitative estimate of drug-likeness (QED) is 0.812. The van der Waals surface area contributed by atoms with Gasteiger partial charge in [-0.05, 0) is 18.2 Å². The number of hydrogen-bond donors (Lipinski definition) is 1. The molecule has 0 amide bonds. The summed E-state index contributed by atoms with van der Waals surface area (Å²) in [6.07, 6.45) is 6.30. The number of likely N-dealkylation sites (N-methyl/N-ethyl adjacent to an activating group) is 1. The Morgan fingerprint density at radius 3 is 2.79 bits per heavy atom. The van der Waals surface area contributed by atoms with E-state index < -0.39 is 0 Å². The Kier molecular flexibility index (Phi) is 4.72. The van der Waals surface area contributed by atoms with E-state index in [4.69, 9.17) is 6.42 Å². The van der Waals surface area contributed by atoms with Gasteiger partial charge in [0.05, 0.1) is 6.04 Å². The van der Waals surface area contributed by atoms with E-state index in [0.717, 1.165) is 17.4 Å². The van der Waals surface area contributed by atoms with Crippen LogP contribution in [0, 0.1) is 12.3 Å². The highest BCUT2D eigenvalue weighted by Crippen LogP contribution is 2.17. The Hall–Kier alpha value is -0.780. The van der Waals surface area contributed by atoms with Crippen molar-refractivity contribution in [2.24, 2.45) is 0 Å². The van der Waals surface area contributed by atoms with Crippen molar-refractivity contribution in [2.75, 3.05) is 6.54 Å². The van der Waals surface area contributed by atoms with E-state index in [0.29, 0.717) is 0 Å². The molecule has 0 spiro atoms. The van der Waals surface area contributed by atoms with E-state index in [9.17, 15) is 0 Å². The number of rotatable bonds is 4. The maximum Gasteiger partial charge on any atom is 0.0728 e. The normalized spacial score (nSPS) is 12.1. The summed E-state index contributed by atoms with van der Waals surface area (Å²) in [7, 11) is 0. The lowest BCUT2D eigenvalue weighted by Crippen LogP contribution is -2.29. The SMILES string of the molecule is C#CC(Cc1ccccc1Br)NCC. The summed E-state index contributed by atoms with van der Waals surface area (Å²) < 4.78 is 1.12. The minimum atomic E-state index is 0.124. The van der Waals surface area contributed by atoms with Gasteiger partial charge in [0.1, 0.15) is 0 Å². The van der Waals surface area contributed by atoms with Crippen molar-refractivity contribution in [1.82, 2.24) is 5.32 Å². The van der Waals surface area contributed by atoms with Gasteiger partial charge >= 0.3 is 0 Å². The standard InChI is InChI=1S/C12H14BrN/c1-3-11(14-4-2)9-10-7-5-6-8-12(10)13/h1,5-8,11,14H,4,9H2,2H3. The zero-order chi connectivity index (χ0) is 10.4. The summed E-state index contributed by atoms with van der Waals surface area (Å²) in [5.74, 6) is 2.75. The molecule has 1 N–H and O–H groups in total. The lowest BCUT2D eigenvalue weighted by Gasteiger charge is -2.12. The molecule has 0 saturated carbocycles. The van der Waals surface area contributed by atoms with Gasteiger partial charge in [-0.2, -0.15) is 0 Å². The zero-order valence-electron chi connectivity index (χ0n) is 8.26. The van der Waals surface area contributed by atoms with Crippen molar-refractivity contribution in [3.63, 3.8) is 0 Å². The zero-order valence-corrected chi connectivity index (χ0v) is 9.84. The molecule has 1 aromatic rings. The Bertz CT molecular complexity index is 327. The maximum absolute atomic E-state index is 5.43. The van der Waals surface area contributed by atoms with Crippen molar-refractivity contribution < 1.29 is 0 Å². The molecule has 74 valence electrons. The highest BCUT2D eigenvalue weighted by atomic mass is 79.9. The Labute approximate surface area is 94.0 Å². The van der Waals surface area contributed by atoms with Gasteiger partial charge in [-0.25, -0.2) is 0 Å². The average Bonchev–Trinajstić information content (AvgIpc) is 2.20. The molecule has 1 atom stereocenters. The van der Waals surface area contributed by atoms with E-state index in [1.54, 1.807) is 0 Å². The summed E-state index contributed by atoms with van der Waals surface area (Å²) in [6.45, 7) is 2.96. The Morgan fingerprint density at radius 2 is 2.21 bits per heavy atom. The molecule has 0 aliphatic carbocycles. The van der Waals surface area contributed by atoms with Crippen LogP contribution >= 0.6 is 15.9 Å². The molecule has 1 nitrogen and oxygen atoms in total. The predicted octanol–water partition coefficient (Wildman–Crippen LogP) is 2.60. The van der Waals surface area contributed by atoms with Gasteiger partial charge in [-0.3, -0.25) is 0 Å². The van der Waals surface area contributed by atoms with Crippen LogP contribution in [0.25, 0.3) is 0 Å². The smallest absolute Gasteiger partial charge is 0.0728 e. The molecule has 1 rings (SSSR count). The fraction of sp³-hybridized carbons (Fsp3) is 0.333. The highest BCUT2D eigenvalue weighted by Gasteiger charge is 2.06. The second-order valence-electron chi connectivity index (χ2n) is 3.07. The third-order valence-corrected chi connectivity index (χ3v) is 2.81. The predicted molar refractivity (Wildman–Crippen MR) is 64.1 cm³/mol. The first kappa shape index (κ1) is 11.3. The Balaban J connectivity index is 2.68. The molecule has 1 unspecified atom stereocenters.